The number of amides is 1. The Hall–Kier alpha value is -1.72. The highest BCUT2D eigenvalue weighted by Gasteiger charge is 2.09. The van der Waals surface area contributed by atoms with Crippen LogP contribution in [-0.2, 0) is 6.54 Å². The Morgan fingerprint density at radius 2 is 2.16 bits per heavy atom. The van der Waals surface area contributed by atoms with Gasteiger partial charge in [0, 0.05) is 22.9 Å². The minimum Gasteiger partial charge on any atom is -0.326 e. The van der Waals surface area contributed by atoms with E-state index in [4.69, 9.17) is 5.73 Å². The maximum atomic E-state index is 12.1. The Morgan fingerprint density at radius 3 is 2.79 bits per heavy atom. The second-order valence-corrected chi connectivity index (χ2v) is 5.08. The molecule has 19 heavy (non-hydrogen) atoms. The van der Waals surface area contributed by atoms with Gasteiger partial charge in [-0.2, -0.15) is 0 Å². The molecule has 0 saturated carbocycles. The van der Waals surface area contributed by atoms with Gasteiger partial charge >= 0.3 is 0 Å². The summed E-state index contributed by atoms with van der Waals surface area (Å²) in [6, 6.07) is 9.20. The van der Waals surface area contributed by atoms with Crippen LogP contribution in [0.1, 0.15) is 21.6 Å². The first kappa shape index (κ1) is 13.7. The zero-order valence-corrected chi connectivity index (χ0v) is 12.1. The fourth-order valence-corrected chi connectivity index (χ4v) is 1.96. The highest BCUT2D eigenvalue weighted by molar-refractivity contribution is 9.10. The van der Waals surface area contributed by atoms with Crippen LogP contribution < -0.4 is 11.1 Å². The second-order valence-electron chi connectivity index (χ2n) is 4.17. The molecule has 0 unspecified atom stereocenters. The van der Waals surface area contributed by atoms with Gasteiger partial charge in [-0.25, -0.2) is 0 Å². The van der Waals surface area contributed by atoms with Gasteiger partial charge in [-0.15, -0.1) is 0 Å². The molecule has 5 heteroatoms. The zero-order valence-electron chi connectivity index (χ0n) is 10.5. The van der Waals surface area contributed by atoms with E-state index in [1.807, 2.05) is 25.1 Å². The Morgan fingerprint density at radius 1 is 1.37 bits per heavy atom. The van der Waals surface area contributed by atoms with Crippen molar-refractivity contribution in [1.82, 2.24) is 4.98 Å². The average Bonchev–Trinajstić information content (AvgIpc) is 2.43. The number of pyridine rings is 1. The van der Waals surface area contributed by atoms with E-state index in [1.165, 1.54) is 0 Å². The van der Waals surface area contributed by atoms with Crippen molar-refractivity contribution in [2.75, 3.05) is 5.32 Å². The molecule has 2 aromatic rings. The van der Waals surface area contributed by atoms with Gasteiger partial charge in [0.2, 0.25) is 0 Å². The smallest absolute Gasteiger partial charge is 0.274 e. The first-order chi connectivity index (χ1) is 9.10. The third kappa shape index (κ3) is 3.39. The molecule has 0 aliphatic rings. The summed E-state index contributed by atoms with van der Waals surface area (Å²) in [6.07, 6.45) is 1.61. The third-order valence-electron chi connectivity index (χ3n) is 2.74. The molecule has 98 valence electrons. The standard InChI is InChI=1S/C14H14BrN3O/c1-9-2-4-11(15)6-13(9)18-14(19)12-5-3-10(7-16)8-17-12/h2-6,8H,7,16H2,1H3,(H,18,19). The topological polar surface area (TPSA) is 68.0 Å². The molecule has 4 nitrogen and oxygen atoms in total. The largest absolute Gasteiger partial charge is 0.326 e. The SMILES string of the molecule is Cc1ccc(Br)cc1NC(=O)c1ccc(CN)cn1. The van der Waals surface area contributed by atoms with Crippen LogP contribution in [0.15, 0.2) is 41.0 Å². The van der Waals surface area contributed by atoms with Crippen LogP contribution in [0.2, 0.25) is 0 Å². The summed E-state index contributed by atoms with van der Waals surface area (Å²) in [7, 11) is 0. The number of nitrogens with zero attached hydrogens (tertiary/aromatic N) is 1. The normalized spacial score (nSPS) is 10.3. The number of hydrogen-bond acceptors (Lipinski definition) is 3. The number of anilines is 1. The van der Waals surface area contributed by atoms with Crippen LogP contribution in [-0.4, -0.2) is 10.9 Å². The van der Waals surface area contributed by atoms with Gasteiger partial charge in [0.25, 0.3) is 5.91 Å². The van der Waals surface area contributed by atoms with E-state index in [-0.39, 0.29) is 5.91 Å². The molecule has 1 aromatic carbocycles. The minimum atomic E-state index is -0.232. The third-order valence-corrected chi connectivity index (χ3v) is 3.23. The lowest BCUT2D eigenvalue weighted by Crippen LogP contribution is -2.14. The number of carbonyl (C=O) groups is 1. The fourth-order valence-electron chi connectivity index (χ4n) is 1.59. The zero-order chi connectivity index (χ0) is 13.8. The predicted octanol–water partition coefficient (Wildman–Crippen LogP) is 2.86. The van der Waals surface area contributed by atoms with Gasteiger partial charge in [0.15, 0.2) is 0 Å². The molecule has 0 aliphatic carbocycles. The molecule has 0 bridgehead atoms. The number of benzene rings is 1. The van der Waals surface area contributed by atoms with Crippen LogP contribution in [0.25, 0.3) is 0 Å². The fraction of sp³-hybridized carbons (Fsp3) is 0.143. The molecule has 0 atom stereocenters. The van der Waals surface area contributed by atoms with Crippen molar-refractivity contribution in [3.05, 3.63) is 57.8 Å². The van der Waals surface area contributed by atoms with E-state index in [9.17, 15) is 4.79 Å². The van der Waals surface area contributed by atoms with Gasteiger partial charge in [0.05, 0.1) is 0 Å². The van der Waals surface area contributed by atoms with E-state index < -0.39 is 0 Å². The Bertz CT molecular complexity index is 596. The van der Waals surface area contributed by atoms with Crippen molar-refractivity contribution in [2.45, 2.75) is 13.5 Å². The molecule has 1 heterocycles. The number of carbonyl (C=O) groups excluding carboxylic acids is 1. The number of hydrogen-bond donors (Lipinski definition) is 2. The van der Waals surface area contributed by atoms with Crippen LogP contribution >= 0.6 is 15.9 Å². The van der Waals surface area contributed by atoms with Crippen molar-refractivity contribution in [1.29, 1.82) is 0 Å². The molecular weight excluding hydrogens is 306 g/mol. The highest BCUT2D eigenvalue weighted by Crippen LogP contribution is 2.21. The first-order valence-electron chi connectivity index (χ1n) is 5.82. The van der Waals surface area contributed by atoms with Crippen LogP contribution in [0.3, 0.4) is 0 Å². The number of nitrogens with two attached hydrogens (primary N) is 1. The van der Waals surface area contributed by atoms with Crippen LogP contribution in [0.4, 0.5) is 5.69 Å². The number of aryl methyl sites for hydroxylation is 1. The summed E-state index contributed by atoms with van der Waals surface area (Å²) >= 11 is 3.38. The Balaban J connectivity index is 2.18. The number of halogens is 1. The first-order valence-corrected chi connectivity index (χ1v) is 6.62. The van der Waals surface area contributed by atoms with Crippen molar-refractivity contribution in [2.24, 2.45) is 5.73 Å². The van der Waals surface area contributed by atoms with Crippen LogP contribution in [0.5, 0.6) is 0 Å². The summed E-state index contributed by atoms with van der Waals surface area (Å²) < 4.78 is 0.917. The van der Waals surface area contributed by atoms with Gasteiger partial charge in [-0.3, -0.25) is 9.78 Å². The predicted molar refractivity (Wildman–Crippen MR) is 79.0 cm³/mol. The maximum absolute atomic E-state index is 12.1. The maximum Gasteiger partial charge on any atom is 0.274 e. The number of rotatable bonds is 3. The Kier molecular flexibility index (Phi) is 4.29. The molecule has 0 fully saturated rings. The molecule has 3 N–H and O–H groups in total. The van der Waals surface area contributed by atoms with Crippen molar-refractivity contribution in [3.8, 4) is 0 Å². The molecule has 0 saturated heterocycles. The highest BCUT2D eigenvalue weighted by atomic mass is 79.9. The summed E-state index contributed by atoms with van der Waals surface area (Å²) in [6.45, 7) is 2.35. The summed E-state index contributed by atoms with van der Waals surface area (Å²) in [4.78, 5) is 16.2. The monoisotopic (exact) mass is 319 g/mol. The second kappa shape index (κ2) is 5.95. The Labute approximate surface area is 120 Å². The molecule has 1 aromatic heterocycles. The minimum absolute atomic E-state index is 0.232. The summed E-state index contributed by atoms with van der Waals surface area (Å²) in [5.74, 6) is -0.232. The average molecular weight is 320 g/mol. The lowest BCUT2D eigenvalue weighted by Gasteiger charge is -2.08. The number of nitrogens with one attached hydrogen (secondary N) is 1. The van der Waals surface area contributed by atoms with Gasteiger partial charge in [0.1, 0.15) is 5.69 Å². The van der Waals surface area contributed by atoms with E-state index in [0.29, 0.717) is 12.2 Å². The van der Waals surface area contributed by atoms with E-state index in [1.54, 1.807) is 18.3 Å². The molecule has 0 aliphatic heterocycles. The molecular formula is C14H14BrN3O. The van der Waals surface area contributed by atoms with E-state index >= 15 is 0 Å². The lowest BCUT2D eigenvalue weighted by atomic mass is 10.2. The van der Waals surface area contributed by atoms with E-state index in [2.05, 4.69) is 26.2 Å². The van der Waals surface area contributed by atoms with Gasteiger partial charge in [-0.05, 0) is 36.2 Å². The van der Waals surface area contributed by atoms with Gasteiger partial charge < -0.3 is 11.1 Å². The molecule has 1 amide bonds. The summed E-state index contributed by atoms with van der Waals surface area (Å²) in [5.41, 5.74) is 8.52. The van der Waals surface area contributed by atoms with Gasteiger partial charge in [-0.1, -0.05) is 28.1 Å². The quantitative estimate of drug-likeness (QED) is 0.914. The molecule has 2 rings (SSSR count). The van der Waals surface area contributed by atoms with Crippen LogP contribution in [0, 0.1) is 6.92 Å². The van der Waals surface area contributed by atoms with E-state index in [0.717, 1.165) is 21.3 Å². The lowest BCUT2D eigenvalue weighted by molar-refractivity contribution is 0.102. The summed E-state index contributed by atoms with van der Waals surface area (Å²) in [5, 5.41) is 2.84. The van der Waals surface area contributed by atoms with Crippen molar-refractivity contribution < 1.29 is 4.79 Å². The van der Waals surface area contributed by atoms with Crippen molar-refractivity contribution >= 4 is 27.5 Å². The molecule has 0 spiro atoms. The molecule has 0 radical (unpaired) electrons. The number of aromatic nitrogens is 1. The van der Waals surface area contributed by atoms with Crippen molar-refractivity contribution in [3.63, 3.8) is 0 Å².